The molecule has 2 rings (SSSR count). The molecule has 1 aromatic heterocycles. The molecule has 0 saturated heterocycles. The van der Waals surface area contributed by atoms with Crippen molar-refractivity contribution in [2.45, 2.75) is 19.3 Å². The Hall–Kier alpha value is -2.18. The van der Waals surface area contributed by atoms with Gasteiger partial charge < -0.3 is 10.4 Å². The maximum absolute atomic E-state index is 11.8. The van der Waals surface area contributed by atoms with Gasteiger partial charge in [-0.1, -0.05) is 6.42 Å². The first-order chi connectivity index (χ1) is 8.04. The van der Waals surface area contributed by atoms with Crippen LogP contribution in [0.3, 0.4) is 0 Å². The van der Waals surface area contributed by atoms with Crippen LogP contribution in [-0.4, -0.2) is 27.2 Å². The van der Waals surface area contributed by atoms with Gasteiger partial charge in [0.15, 0.2) is 5.82 Å². The number of aromatic amines is 1. The Balaban J connectivity index is 2.14. The van der Waals surface area contributed by atoms with Gasteiger partial charge in [0.2, 0.25) is 5.91 Å². The van der Waals surface area contributed by atoms with Gasteiger partial charge in [-0.2, -0.15) is 5.10 Å². The zero-order chi connectivity index (χ0) is 12.5. The number of hydrogen-bond acceptors (Lipinski definition) is 4. The van der Waals surface area contributed by atoms with E-state index in [9.17, 15) is 14.4 Å². The number of anilines is 1. The Bertz CT molecular complexity index is 498. The van der Waals surface area contributed by atoms with Crippen LogP contribution < -0.4 is 10.9 Å². The Labute approximate surface area is 95.9 Å². The lowest BCUT2D eigenvalue weighted by molar-refractivity contribution is -0.159. The first-order valence-electron chi connectivity index (χ1n) is 5.15. The molecule has 1 heterocycles. The van der Waals surface area contributed by atoms with Gasteiger partial charge in [-0.15, -0.1) is 0 Å². The fourth-order valence-corrected chi connectivity index (χ4v) is 1.72. The summed E-state index contributed by atoms with van der Waals surface area (Å²) >= 11 is 0. The van der Waals surface area contributed by atoms with Crippen molar-refractivity contribution >= 4 is 17.7 Å². The second-order valence-corrected chi connectivity index (χ2v) is 4.00. The lowest BCUT2D eigenvalue weighted by Crippen LogP contribution is -2.48. The SMILES string of the molecule is O=C(O)C1(C(=O)Nc2ccc(=O)[nH]n2)CCC1. The molecule has 3 N–H and O–H groups in total. The Morgan fingerprint density at radius 1 is 1.41 bits per heavy atom. The quantitative estimate of drug-likeness (QED) is 0.639. The molecule has 90 valence electrons. The number of nitrogens with one attached hydrogen (secondary N) is 2. The van der Waals surface area contributed by atoms with Crippen molar-refractivity contribution in [3.8, 4) is 0 Å². The highest BCUT2D eigenvalue weighted by atomic mass is 16.4. The van der Waals surface area contributed by atoms with Crippen LogP contribution in [0.2, 0.25) is 0 Å². The third-order valence-corrected chi connectivity index (χ3v) is 2.97. The molecule has 0 bridgehead atoms. The van der Waals surface area contributed by atoms with Crippen LogP contribution in [-0.2, 0) is 9.59 Å². The van der Waals surface area contributed by atoms with Crippen molar-refractivity contribution in [1.82, 2.24) is 10.2 Å². The van der Waals surface area contributed by atoms with Crippen molar-refractivity contribution in [2.24, 2.45) is 5.41 Å². The maximum Gasteiger partial charge on any atom is 0.319 e. The van der Waals surface area contributed by atoms with E-state index >= 15 is 0 Å². The van der Waals surface area contributed by atoms with Crippen molar-refractivity contribution in [1.29, 1.82) is 0 Å². The number of nitrogens with zero attached hydrogens (tertiary/aromatic N) is 1. The van der Waals surface area contributed by atoms with Crippen LogP contribution in [0.4, 0.5) is 5.82 Å². The van der Waals surface area contributed by atoms with Crippen LogP contribution in [0, 0.1) is 5.41 Å². The highest BCUT2D eigenvalue weighted by Crippen LogP contribution is 2.41. The van der Waals surface area contributed by atoms with Crippen LogP contribution in [0.25, 0.3) is 0 Å². The van der Waals surface area contributed by atoms with Crippen molar-refractivity contribution in [3.05, 3.63) is 22.5 Å². The molecule has 0 radical (unpaired) electrons. The van der Waals surface area contributed by atoms with Crippen molar-refractivity contribution < 1.29 is 14.7 Å². The standard InChI is InChI=1S/C10H11N3O4/c14-7-3-2-6(12-13-7)11-8(15)10(9(16)17)4-1-5-10/h2-3H,1,4-5H2,(H,13,14)(H,16,17)(H,11,12,15). The fourth-order valence-electron chi connectivity index (χ4n) is 1.72. The summed E-state index contributed by atoms with van der Waals surface area (Å²) in [5.74, 6) is -1.57. The lowest BCUT2D eigenvalue weighted by atomic mass is 9.68. The third kappa shape index (κ3) is 1.91. The molecule has 0 atom stereocenters. The number of aromatic nitrogens is 2. The summed E-state index contributed by atoms with van der Waals surface area (Å²) in [4.78, 5) is 33.6. The second kappa shape index (κ2) is 4.00. The van der Waals surface area contributed by atoms with E-state index in [-0.39, 0.29) is 11.4 Å². The van der Waals surface area contributed by atoms with Gasteiger partial charge in [-0.05, 0) is 18.9 Å². The molecule has 0 spiro atoms. The molecule has 17 heavy (non-hydrogen) atoms. The van der Waals surface area contributed by atoms with Gasteiger partial charge in [0, 0.05) is 6.07 Å². The van der Waals surface area contributed by atoms with Gasteiger partial charge in [0.1, 0.15) is 5.41 Å². The molecule has 1 aromatic rings. The molecule has 1 aliphatic rings. The summed E-state index contributed by atoms with van der Waals surface area (Å²) < 4.78 is 0. The zero-order valence-electron chi connectivity index (χ0n) is 8.90. The van der Waals surface area contributed by atoms with E-state index in [1.165, 1.54) is 12.1 Å². The molecular weight excluding hydrogens is 226 g/mol. The van der Waals surface area contributed by atoms with E-state index in [1.807, 2.05) is 0 Å². The highest BCUT2D eigenvalue weighted by molar-refractivity contribution is 6.08. The van der Waals surface area contributed by atoms with E-state index in [0.717, 1.165) is 6.42 Å². The average molecular weight is 237 g/mol. The van der Waals surface area contributed by atoms with E-state index in [2.05, 4.69) is 15.5 Å². The minimum absolute atomic E-state index is 0.141. The summed E-state index contributed by atoms with van der Waals surface area (Å²) in [6.07, 6.45) is 1.38. The monoisotopic (exact) mass is 237 g/mol. The molecule has 1 amide bonds. The largest absolute Gasteiger partial charge is 0.480 e. The molecule has 1 aliphatic carbocycles. The summed E-state index contributed by atoms with van der Waals surface area (Å²) in [5.41, 5.74) is -1.72. The summed E-state index contributed by atoms with van der Waals surface area (Å²) in [6, 6.07) is 2.53. The molecule has 1 saturated carbocycles. The Morgan fingerprint density at radius 3 is 2.53 bits per heavy atom. The zero-order valence-corrected chi connectivity index (χ0v) is 8.90. The predicted octanol–water partition coefficient (Wildman–Crippen LogP) is -0.0367. The minimum Gasteiger partial charge on any atom is -0.480 e. The van der Waals surface area contributed by atoms with Gasteiger partial charge in [0.25, 0.3) is 5.56 Å². The summed E-state index contributed by atoms with van der Waals surface area (Å²) in [7, 11) is 0. The minimum atomic E-state index is -1.34. The number of carboxylic acid groups (broad SMARTS) is 1. The highest BCUT2D eigenvalue weighted by Gasteiger charge is 2.51. The van der Waals surface area contributed by atoms with Gasteiger partial charge in [-0.3, -0.25) is 14.4 Å². The Morgan fingerprint density at radius 2 is 2.12 bits per heavy atom. The normalized spacial score (nSPS) is 16.9. The van der Waals surface area contributed by atoms with Crippen LogP contribution in [0.1, 0.15) is 19.3 Å². The topological polar surface area (TPSA) is 112 Å². The smallest absolute Gasteiger partial charge is 0.319 e. The molecule has 0 aliphatic heterocycles. The number of hydrogen-bond donors (Lipinski definition) is 3. The third-order valence-electron chi connectivity index (χ3n) is 2.97. The van der Waals surface area contributed by atoms with Crippen molar-refractivity contribution in [3.63, 3.8) is 0 Å². The molecule has 7 heteroatoms. The summed E-state index contributed by atoms with van der Waals surface area (Å²) in [5, 5.41) is 17.2. The first-order valence-corrected chi connectivity index (χ1v) is 5.15. The number of H-pyrrole nitrogens is 1. The van der Waals surface area contributed by atoms with Crippen LogP contribution in [0.15, 0.2) is 16.9 Å². The van der Waals surface area contributed by atoms with E-state index in [1.54, 1.807) is 0 Å². The molecule has 1 fully saturated rings. The number of amides is 1. The number of rotatable bonds is 3. The van der Waals surface area contributed by atoms with Gasteiger partial charge in [0.05, 0.1) is 0 Å². The van der Waals surface area contributed by atoms with E-state index < -0.39 is 17.3 Å². The fraction of sp³-hybridized carbons (Fsp3) is 0.400. The number of aliphatic carboxylic acids is 1. The maximum atomic E-state index is 11.8. The van der Waals surface area contributed by atoms with Gasteiger partial charge >= 0.3 is 5.97 Å². The average Bonchev–Trinajstić information content (AvgIpc) is 2.19. The first kappa shape index (κ1) is 11.3. The van der Waals surface area contributed by atoms with E-state index in [0.29, 0.717) is 12.8 Å². The predicted molar refractivity (Wildman–Crippen MR) is 57.4 cm³/mol. The van der Waals surface area contributed by atoms with E-state index in [4.69, 9.17) is 5.11 Å². The Kier molecular flexibility index (Phi) is 2.66. The summed E-state index contributed by atoms with van der Waals surface area (Å²) in [6.45, 7) is 0. The molecular formula is C10H11N3O4. The molecule has 0 unspecified atom stereocenters. The molecule has 0 aromatic carbocycles. The second-order valence-electron chi connectivity index (χ2n) is 4.00. The van der Waals surface area contributed by atoms with Crippen LogP contribution in [0.5, 0.6) is 0 Å². The van der Waals surface area contributed by atoms with Gasteiger partial charge in [-0.25, -0.2) is 5.10 Å². The number of carbonyl (C=O) groups is 2. The molecule has 7 nitrogen and oxygen atoms in total. The number of carboxylic acids is 1. The van der Waals surface area contributed by atoms with Crippen LogP contribution >= 0.6 is 0 Å². The number of carbonyl (C=O) groups excluding carboxylic acids is 1. The van der Waals surface area contributed by atoms with Crippen molar-refractivity contribution in [2.75, 3.05) is 5.32 Å². The lowest BCUT2D eigenvalue weighted by Gasteiger charge is -2.35.